The van der Waals surface area contributed by atoms with Gasteiger partial charge in [0.05, 0.1) is 20.0 Å². The van der Waals surface area contributed by atoms with Crippen LogP contribution in [0, 0.1) is 5.92 Å². The summed E-state index contributed by atoms with van der Waals surface area (Å²) in [5.41, 5.74) is 6.01. The molecule has 1 aliphatic rings. The molecule has 1 saturated heterocycles. The molecule has 0 spiro atoms. The molecule has 1 fully saturated rings. The second kappa shape index (κ2) is 8.96. The van der Waals surface area contributed by atoms with E-state index in [4.69, 9.17) is 19.6 Å². The van der Waals surface area contributed by atoms with Gasteiger partial charge in [-0.25, -0.2) is 0 Å². The zero-order valence-corrected chi connectivity index (χ0v) is 16.5. The third-order valence-corrected chi connectivity index (χ3v) is 5.41. The Labute approximate surface area is 166 Å². The van der Waals surface area contributed by atoms with Gasteiger partial charge in [-0.15, -0.1) is 10.2 Å². The third-order valence-electron chi connectivity index (χ3n) is 4.61. The summed E-state index contributed by atoms with van der Waals surface area (Å²) in [6.07, 6.45) is 1.21. The van der Waals surface area contributed by atoms with Crippen molar-refractivity contribution in [3.8, 4) is 23.0 Å². The molecule has 2 N–H and O–H groups in total. The minimum atomic E-state index is -0.296. The van der Waals surface area contributed by atoms with Crippen LogP contribution >= 0.6 is 11.8 Å². The van der Waals surface area contributed by atoms with Gasteiger partial charge in [0.25, 0.3) is 5.22 Å². The highest BCUT2D eigenvalue weighted by Crippen LogP contribution is 2.32. The highest BCUT2D eigenvalue weighted by atomic mass is 32.2. The predicted octanol–water partition coefficient (Wildman–Crippen LogP) is 1.57. The molecule has 0 atom stereocenters. The number of benzene rings is 1. The van der Waals surface area contributed by atoms with Crippen LogP contribution in [-0.4, -0.2) is 60.0 Å². The smallest absolute Gasteiger partial charge is 0.277 e. The Morgan fingerprint density at radius 2 is 1.93 bits per heavy atom. The van der Waals surface area contributed by atoms with Gasteiger partial charge >= 0.3 is 0 Å². The van der Waals surface area contributed by atoms with Gasteiger partial charge in [0.2, 0.25) is 17.7 Å². The minimum absolute atomic E-state index is 0.0289. The SMILES string of the molecule is COc1ccc(-c2nnc(SCC(=O)N3CCC(C(N)=O)CC3)o2)cc1OC. The fourth-order valence-corrected chi connectivity index (χ4v) is 3.65. The van der Waals surface area contributed by atoms with E-state index in [0.717, 1.165) is 0 Å². The summed E-state index contributed by atoms with van der Waals surface area (Å²) < 4.78 is 16.1. The van der Waals surface area contributed by atoms with E-state index in [1.54, 1.807) is 37.3 Å². The molecule has 2 heterocycles. The zero-order valence-electron chi connectivity index (χ0n) is 15.7. The first kappa shape index (κ1) is 20.0. The Balaban J connectivity index is 1.56. The number of primary amides is 1. The van der Waals surface area contributed by atoms with E-state index >= 15 is 0 Å². The number of thioether (sulfide) groups is 1. The van der Waals surface area contributed by atoms with E-state index in [-0.39, 0.29) is 23.5 Å². The highest BCUT2D eigenvalue weighted by molar-refractivity contribution is 7.99. The van der Waals surface area contributed by atoms with Gasteiger partial charge in [-0.1, -0.05) is 11.8 Å². The van der Waals surface area contributed by atoms with E-state index in [1.807, 2.05) is 0 Å². The van der Waals surface area contributed by atoms with E-state index in [2.05, 4.69) is 10.2 Å². The van der Waals surface area contributed by atoms with Crippen molar-refractivity contribution in [1.82, 2.24) is 15.1 Å². The van der Waals surface area contributed by atoms with Gasteiger partial charge in [0.1, 0.15) is 0 Å². The van der Waals surface area contributed by atoms with Crippen LogP contribution in [0.1, 0.15) is 12.8 Å². The normalized spacial score (nSPS) is 14.7. The van der Waals surface area contributed by atoms with Crippen LogP contribution in [0.2, 0.25) is 0 Å². The summed E-state index contributed by atoms with van der Waals surface area (Å²) in [4.78, 5) is 25.3. The van der Waals surface area contributed by atoms with Crippen LogP contribution in [-0.2, 0) is 9.59 Å². The molecule has 2 amide bonds. The maximum atomic E-state index is 12.3. The summed E-state index contributed by atoms with van der Waals surface area (Å²) in [5, 5.41) is 8.32. The predicted molar refractivity (Wildman–Crippen MR) is 102 cm³/mol. The van der Waals surface area contributed by atoms with E-state index in [9.17, 15) is 9.59 Å². The largest absolute Gasteiger partial charge is 0.493 e. The number of amides is 2. The molecule has 1 aromatic heterocycles. The molecule has 150 valence electrons. The van der Waals surface area contributed by atoms with Crippen LogP contribution < -0.4 is 15.2 Å². The number of methoxy groups -OCH3 is 2. The molecule has 1 aromatic carbocycles. The number of rotatable bonds is 7. The lowest BCUT2D eigenvalue weighted by Gasteiger charge is -2.30. The standard InChI is InChI=1S/C18H22N4O5S/c1-25-13-4-3-12(9-14(13)26-2)17-20-21-18(27-17)28-10-15(23)22-7-5-11(6-8-22)16(19)24/h3-4,9,11H,5-8,10H2,1-2H3,(H2,19,24). The first-order valence-electron chi connectivity index (χ1n) is 8.77. The number of nitrogens with zero attached hydrogens (tertiary/aromatic N) is 3. The number of nitrogens with two attached hydrogens (primary N) is 1. The molecular formula is C18H22N4O5S. The number of carbonyl (C=O) groups excluding carboxylic acids is 2. The molecule has 2 aromatic rings. The number of hydrogen-bond donors (Lipinski definition) is 1. The first-order valence-corrected chi connectivity index (χ1v) is 9.76. The molecule has 0 radical (unpaired) electrons. The van der Waals surface area contributed by atoms with Crippen molar-refractivity contribution in [2.24, 2.45) is 11.7 Å². The Kier molecular flexibility index (Phi) is 6.40. The molecule has 0 unspecified atom stereocenters. The van der Waals surface area contributed by atoms with E-state index < -0.39 is 0 Å². The second-order valence-corrected chi connectivity index (χ2v) is 7.22. The third kappa shape index (κ3) is 4.56. The molecule has 9 nitrogen and oxygen atoms in total. The lowest BCUT2D eigenvalue weighted by atomic mass is 9.96. The Morgan fingerprint density at radius 3 is 2.57 bits per heavy atom. The molecule has 0 bridgehead atoms. The summed E-state index contributed by atoms with van der Waals surface area (Å²) in [6.45, 7) is 1.07. The average molecular weight is 406 g/mol. The molecular weight excluding hydrogens is 384 g/mol. The van der Waals surface area contributed by atoms with Crippen molar-refractivity contribution >= 4 is 23.6 Å². The minimum Gasteiger partial charge on any atom is -0.493 e. The lowest BCUT2D eigenvalue weighted by molar-refractivity contribution is -0.132. The number of carbonyl (C=O) groups is 2. The van der Waals surface area contributed by atoms with Crippen LogP contribution in [0.3, 0.4) is 0 Å². The number of piperidine rings is 1. The summed E-state index contributed by atoms with van der Waals surface area (Å²) in [5.74, 6) is 1.21. The molecule has 1 aliphatic heterocycles. The topological polar surface area (TPSA) is 121 Å². The Hall–Kier alpha value is -2.75. The van der Waals surface area contributed by atoms with Gasteiger partial charge in [-0.2, -0.15) is 0 Å². The van der Waals surface area contributed by atoms with E-state index in [0.29, 0.717) is 54.1 Å². The summed E-state index contributed by atoms with van der Waals surface area (Å²) >= 11 is 1.18. The average Bonchev–Trinajstić information content (AvgIpc) is 3.20. The number of aromatic nitrogens is 2. The van der Waals surface area contributed by atoms with Crippen molar-refractivity contribution < 1.29 is 23.5 Å². The molecule has 3 rings (SSSR count). The van der Waals surface area contributed by atoms with Crippen molar-refractivity contribution in [3.05, 3.63) is 18.2 Å². The quantitative estimate of drug-likeness (QED) is 0.688. The van der Waals surface area contributed by atoms with Crippen molar-refractivity contribution in [1.29, 1.82) is 0 Å². The first-order chi connectivity index (χ1) is 13.5. The van der Waals surface area contributed by atoms with Gasteiger partial charge in [-0.3, -0.25) is 9.59 Å². The number of hydrogen-bond acceptors (Lipinski definition) is 8. The van der Waals surface area contributed by atoms with Gasteiger partial charge < -0.3 is 24.5 Å². The fraction of sp³-hybridized carbons (Fsp3) is 0.444. The second-order valence-electron chi connectivity index (χ2n) is 6.29. The highest BCUT2D eigenvalue weighted by Gasteiger charge is 2.26. The van der Waals surface area contributed by atoms with Gasteiger partial charge in [0.15, 0.2) is 11.5 Å². The summed E-state index contributed by atoms with van der Waals surface area (Å²) in [6, 6.07) is 5.29. The van der Waals surface area contributed by atoms with Crippen molar-refractivity contribution in [2.75, 3.05) is 33.1 Å². The Morgan fingerprint density at radius 1 is 1.21 bits per heavy atom. The fourth-order valence-electron chi connectivity index (χ4n) is 2.98. The van der Waals surface area contributed by atoms with Gasteiger partial charge in [-0.05, 0) is 31.0 Å². The van der Waals surface area contributed by atoms with Crippen LogP contribution in [0.5, 0.6) is 11.5 Å². The molecule has 0 aliphatic carbocycles. The molecule has 10 heteroatoms. The van der Waals surface area contributed by atoms with Crippen molar-refractivity contribution in [3.63, 3.8) is 0 Å². The lowest BCUT2D eigenvalue weighted by Crippen LogP contribution is -2.42. The van der Waals surface area contributed by atoms with Crippen molar-refractivity contribution in [2.45, 2.75) is 18.1 Å². The molecule has 0 saturated carbocycles. The van der Waals surface area contributed by atoms with Crippen LogP contribution in [0.4, 0.5) is 0 Å². The van der Waals surface area contributed by atoms with Crippen LogP contribution in [0.25, 0.3) is 11.5 Å². The maximum Gasteiger partial charge on any atom is 0.277 e. The monoisotopic (exact) mass is 406 g/mol. The van der Waals surface area contributed by atoms with Gasteiger partial charge in [0, 0.05) is 24.6 Å². The van der Waals surface area contributed by atoms with Crippen LogP contribution in [0.15, 0.2) is 27.8 Å². The number of likely N-dealkylation sites (tertiary alicyclic amines) is 1. The number of ether oxygens (including phenoxy) is 2. The zero-order chi connectivity index (χ0) is 20.1. The summed E-state index contributed by atoms with van der Waals surface area (Å²) in [7, 11) is 3.11. The molecule has 28 heavy (non-hydrogen) atoms. The van der Waals surface area contributed by atoms with E-state index in [1.165, 1.54) is 11.8 Å². The maximum absolute atomic E-state index is 12.3. The Bertz CT molecular complexity index is 848.